The molecule has 0 amide bonds. The minimum Gasteiger partial charge on any atom is -0.488 e. The number of esters is 1. The molecule has 0 fully saturated rings. The molecule has 0 spiro atoms. The van der Waals surface area contributed by atoms with Crippen molar-refractivity contribution in [2.24, 2.45) is 0 Å². The van der Waals surface area contributed by atoms with Gasteiger partial charge in [-0.3, -0.25) is 4.79 Å². The maximum atomic E-state index is 13.4. The molecular weight excluding hydrogens is 383 g/mol. The normalized spacial score (nSPS) is 11.6. The van der Waals surface area contributed by atoms with Crippen LogP contribution >= 0.6 is 0 Å². The summed E-state index contributed by atoms with van der Waals surface area (Å²) in [6, 6.07) is 7.57. The van der Waals surface area contributed by atoms with Crippen molar-refractivity contribution < 1.29 is 36.2 Å². The number of hydrogen-bond acceptors (Lipinski definition) is 3. The lowest BCUT2D eigenvalue weighted by Crippen LogP contribution is -2.13. The third-order valence-corrected chi connectivity index (χ3v) is 4.24. The zero-order chi connectivity index (χ0) is 20.9. The molecule has 0 bridgehead atoms. The van der Waals surface area contributed by atoms with Gasteiger partial charge in [-0.1, -0.05) is 31.2 Å². The predicted octanol–water partition coefficient (Wildman–Crippen LogP) is 5.50. The quantitative estimate of drug-likeness (QED) is 0.453. The van der Waals surface area contributed by atoms with Crippen molar-refractivity contribution >= 4 is 5.97 Å². The Balaban J connectivity index is 2.40. The molecule has 2 aromatic rings. The van der Waals surface area contributed by atoms with E-state index < -0.39 is 42.1 Å². The number of hydrogen-bond donors (Lipinski definition) is 0. The van der Waals surface area contributed by atoms with Crippen LogP contribution in [0.25, 0.3) is 0 Å². The lowest BCUT2D eigenvalue weighted by atomic mass is 9.99. The van der Waals surface area contributed by atoms with Crippen molar-refractivity contribution in [3.8, 4) is 5.75 Å². The van der Waals surface area contributed by atoms with E-state index in [4.69, 9.17) is 4.74 Å². The Hall–Kier alpha value is -2.64. The summed E-state index contributed by atoms with van der Waals surface area (Å²) in [6.45, 7) is 1.18. The number of rotatable bonds is 7. The monoisotopic (exact) mass is 402 g/mol. The highest BCUT2D eigenvalue weighted by molar-refractivity contribution is 5.73. The van der Waals surface area contributed by atoms with Gasteiger partial charge in [0, 0.05) is 11.1 Å². The molecule has 0 saturated heterocycles. The summed E-state index contributed by atoms with van der Waals surface area (Å²) < 4.78 is 76.6. The summed E-state index contributed by atoms with van der Waals surface area (Å²) in [7, 11) is 1.15. The highest BCUT2D eigenvalue weighted by Crippen LogP contribution is 2.38. The topological polar surface area (TPSA) is 35.5 Å². The lowest BCUT2D eigenvalue weighted by Gasteiger charge is -2.18. The number of carbonyl (C=O) groups is 1. The first-order chi connectivity index (χ1) is 13.2. The highest BCUT2D eigenvalue weighted by atomic mass is 19.4. The predicted molar refractivity (Wildman–Crippen MR) is 92.3 cm³/mol. The van der Waals surface area contributed by atoms with E-state index in [2.05, 4.69) is 4.74 Å². The number of carbonyl (C=O) groups excluding carboxylic acids is 1. The van der Waals surface area contributed by atoms with Crippen molar-refractivity contribution in [3.63, 3.8) is 0 Å². The van der Waals surface area contributed by atoms with Crippen LogP contribution in [0.3, 0.4) is 0 Å². The van der Waals surface area contributed by atoms with E-state index in [0.717, 1.165) is 19.2 Å². The average molecular weight is 402 g/mol. The number of halogens is 5. The summed E-state index contributed by atoms with van der Waals surface area (Å²) in [5.74, 6) is -1.12. The molecule has 0 aliphatic heterocycles. The molecule has 0 aliphatic rings. The fourth-order valence-electron chi connectivity index (χ4n) is 2.72. The molecule has 0 aliphatic carbocycles. The molecule has 152 valence electrons. The van der Waals surface area contributed by atoms with E-state index in [1.165, 1.54) is 24.3 Å². The van der Waals surface area contributed by atoms with Crippen LogP contribution in [0.5, 0.6) is 5.75 Å². The van der Waals surface area contributed by atoms with Gasteiger partial charge >= 0.3 is 12.1 Å². The van der Waals surface area contributed by atoms with Crippen LogP contribution in [0, 0.1) is 0 Å². The molecule has 0 atom stereocenters. The first kappa shape index (κ1) is 21.7. The molecule has 0 aromatic heterocycles. The molecular formula is C20H19F5O3. The Labute approximate surface area is 159 Å². The van der Waals surface area contributed by atoms with E-state index in [1.807, 2.05) is 0 Å². The second-order valence-corrected chi connectivity index (χ2v) is 6.01. The first-order valence-electron chi connectivity index (χ1n) is 8.45. The number of aryl methyl sites for hydroxylation is 1. The third-order valence-electron chi connectivity index (χ3n) is 4.24. The Bertz CT molecular complexity index is 831. The standard InChI is InChI=1S/C20H19F5O3/c1-3-12-7-8-17(16(9-12)20(23,24)25)28-11-15-13(10-18(26)27-2)5-4-6-14(15)19(21)22/h4-9,19H,3,10-11H2,1-2H3. The van der Waals surface area contributed by atoms with E-state index in [9.17, 15) is 26.7 Å². The molecule has 0 unspecified atom stereocenters. The van der Waals surface area contributed by atoms with E-state index in [0.29, 0.717) is 12.0 Å². The molecule has 8 heteroatoms. The second kappa shape index (κ2) is 9.03. The minimum absolute atomic E-state index is 0.0319. The fourth-order valence-corrected chi connectivity index (χ4v) is 2.72. The smallest absolute Gasteiger partial charge is 0.419 e. The Kier molecular flexibility index (Phi) is 6.99. The molecule has 0 N–H and O–H groups in total. The van der Waals surface area contributed by atoms with Crippen LogP contribution in [0.15, 0.2) is 36.4 Å². The van der Waals surface area contributed by atoms with Gasteiger partial charge in [-0.15, -0.1) is 0 Å². The first-order valence-corrected chi connectivity index (χ1v) is 8.45. The van der Waals surface area contributed by atoms with Crippen LogP contribution in [-0.4, -0.2) is 13.1 Å². The minimum atomic E-state index is -4.66. The van der Waals surface area contributed by atoms with Gasteiger partial charge < -0.3 is 9.47 Å². The lowest BCUT2D eigenvalue weighted by molar-refractivity contribution is -0.140. The summed E-state index contributed by atoms with van der Waals surface area (Å²) >= 11 is 0. The Morgan fingerprint density at radius 3 is 2.43 bits per heavy atom. The van der Waals surface area contributed by atoms with Crippen LogP contribution < -0.4 is 4.74 Å². The van der Waals surface area contributed by atoms with E-state index >= 15 is 0 Å². The summed E-state index contributed by atoms with van der Waals surface area (Å²) in [5.41, 5.74) is -0.728. The maximum Gasteiger partial charge on any atom is 0.419 e. The zero-order valence-electron chi connectivity index (χ0n) is 15.3. The third kappa shape index (κ3) is 5.21. The van der Waals surface area contributed by atoms with E-state index in [1.54, 1.807) is 6.92 Å². The van der Waals surface area contributed by atoms with Crippen molar-refractivity contribution in [2.45, 2.75) is 39.0 Å². The number of alkyl halides is 5. The van der Waals surface area contributed by atoms with Crippen LogP contribution in [0.1, 0.15) is 41.2 Å². The van der Waals surface area contributed by atoms with E-state index in [-0.39, 0.29) is 17.5 Å². The van der Waals surface area contributed by atoms with Gasteiger partial charge in [0.2, 0.25) is 0 Å². The largest absolute Gasteiger partial charge is 0.488 e. The van der Waals surface area contributed by atoms with Crippen LogP contribution in [0.2, 0.25) is 0 Å². The molecule has 28 heavy (non-hydrogen) atoms. The Morgan fingerprint density at radius 1 is 1.14 bits per heavy atom. The Morgan fingerprint density at radius 2 is 1.86 bits per heavy atom. The second-order valence-electron chi connectivity index (χ2n) is 6.01. The number of benzene rings is 2. The SMILES string of the molecule is CCc1ccc(OCc2c(CC(=O)OC)cccc2C(F)F)c(C(F)(F)F)c1. The molecule has 0 radical (unpaired) electrons. The fraction of sp³-hybridized carbons (Fsp3) is 0.350. The molecule has 2 rings (SSSR count). The zero-order valence-corrected chi connectivity index (χ0v) is 15.3. The number of methoxy groups -OCH3 is 1. The summed E-state index contributed by atoms with van der Waals surface area (Å²) in [5, 5.41) is 0. The van der Waals surface area contributed by atoms with Gasteiger partial charge in [0.15, 0.2) is 0 Å². The van der Waals surface area contributed by atoms with Crippen molar-refractivity contribution in [3.05, 3.63) is 64.2 Å². The number of ether oxygens (including phenoxy) is 2. The summed E-state index contributed by atoms with van der Waals surface area (Å²) in [4.78, 5) is 11.5. The molecule has 0 saturated carbocycles. The molecule has 0 heterocycles. The van der Waals surface area contributed by atoms with Crippen molar-refractivity contribution in [2.75, 3.05) is 7.11 Å². The van der Waals surface area contributed by atoms with Gasteiger partial charge in [-0.05, 0) is 29.7 Å². The van der Waals surface area contributed by atoms with Gasteiger partial charge in [0.05, 0.1) is 19.1 Å². The van der Waals surface area contributed by atoms with Gasteiger partial charge in [0.25, 0.3) is 6.43 Å². The van der Waals surface area contributed by atoms with Crippen molar-refractivity contribution in [1.29, 1.82) is 0 Å². The van der Waals surface area contributed by atoms with Crippen molar-refractivity contribution in [1.82, 2.24) is 0 Å². The highest BCUT2D eigenvalue weighted by Gasteiger charge is 2.34. The average Bonchev–Trinajstić information content (AvgIpc) is 2.65. The van der Waals surface area contributed by atoms with Gasteiger partial charge in [0.1, 0.15) is 12.4 Å². The van der Waals surface area contributed by atoms with Gasteiger partial charge in [-0.25, -0.2) is 8.78 Å². The van der Waals surface area contributed by atoms with Crippen LogP contribution in [0.4, 0.5) is 22.0 Å². The maximum absolute atomic E-state index is 13.4. The summed E-state index contributed by atoms with van der Waals surface area (Å²) in [6.07, 6.45) is -7.42. The van der Waals surface area contributed by atoms with Crippen LogP contribution in [-0.2, 0) is 35.2 Å². The molecule has 2 aromatic carbocycles. The van der Waals surface area contributed by atoms with Gasteiger partial charge in [-0.2, -0.15) is 13.2 Å². The molecule has 3 nitrogen and oxygen atoms in total.